The zero-order chi connectivity index (χ0) is 10.9. The molecule has 0 saturated carbocycles. The van der Waals surface area contributed by atoms with Crippen molar-refractivity contribution in [1.82, 2.24) is 5.32 Å². The molecule has 1 N–H and O–H groups in total. The van der Waals surface area contributed by atoms with E-state index < -0.39 is 12.8 Å². The van der Waals surface area contributed by atoms with Gasteiger partial charge < -0.3 is 14.8 Å². The number of rotatable bonds is 8. The van der Waals surface area contributed by atoms with Crippen molar-refractivity contribution in [3.63, 3.8) is 0 Å². The molecule has 0 amide bonds. The minimum atomic E-state index is -4.23. The van der Waals surface area contributed by atoms with E-state index in [9.17, 15) is 13.2 Å². The van der Waals surface area contributed by atoms with Crippen molar-refractivity contribution in [2.24, 2.45) is 0 Å². The summed E-state index contributed by atoms with van der Waals surface area (Å²) >= 11 is 0. The monoisotopic (exact) mass is 215 g/mol. The van der Waals surface area contributed by atoms with E-state index in [1.165, 1.54) is 0 Å². The van der Waals surface area contributed by atoms with Gasteiger partial charge in [0.25, 0.3) is 0 Å². The zero-order valence-corrected chi connectivity index (χ0v) is 8.19. The van der Waals surface area contributed by atoms with Gasteiger partial charge in [-0.15, -0.1) is 0 Å². The van der Waals surface area contributed by atoms with E-state index in [0.717, 1.165) is 13.0 Å². The molecule has 0 aliphatic heterocycles. The van der Waals surface area contributed by atoms with Crippen LogP contribution >= 0.6 is 0 Å². The third-order valence-corrected chi connectivity index (χ3v) is 1.39. The van der Waals surface area contributed by atoms with E-state index >= 15 is 0 Å². The lowest BCUT2D eigenvalue weighted by Crippen LogP contribution is -2.25. The smallest absolute Gasteiger partial charge is 0.385 e. The molecule has 6 heteroatoms. The third kappa shape index (κ3) is 11.7. The molecule has 0 aromatic carbocycles. The first kappa shape index (κ1) is 13.7. The summed E-state index contributed by atoms with van der Waals surface area (Å²) in [5, 5.41) is 2.93. The van der Waals surface area contributed by atoms with Crippen LogP contribution in [0.5, 0.6) is 0 Å². The topological polar surface area (TPSA) is 30.5 Å². The Kier molecular flexibility index (Phi) is 7.83. The highest BCUT2D eigenvalue weighted by molar-refractivity contribution is 4.49. The van der Waals surface area contributed by atoms with E-state index in [1.54, 1.807) is 7.11 Å². The van der Waals surface area contributed by atoms with Gasteiger partial charge in [-0.2, -0.15) is 13.2 Å². The maximum Gasteiger partial charge on any atom is 0.411 e. The Morgan fingerprint density at radius 3 is 2.43 bits per heavy atom. The second-order valence-corrected chi connectivity index (χ2v) is 2.76. The summed E-state index contributed by atoms with van der Waals surface area (Å²) in [6.07, 6.45) is -3.38. The lowest BCUT2D eigenvalue weighted by molar-refractivity contribution is -0.173. The molecule has 0 rings (SSSR count). The highest BCUT2D eigenvalue weighted by atomic mass is 19.4. The molecule has 0 heterocycles. The maximum atomic E-state index is 11.6. The fourth-order valence-electron chi connectivity index (χ4n) is 0.799. The van der Waals surface area contributed by atoms with Crippen molar-refractivity contribution >= 4 is 0 Å². The standard InChI is InChI=1S/C8H16F3NO2/c1-13-5-2-3-12-4-6-14-7-8(9,10)11/h12H,2-7H2,1H3. The van der Waals surface area contributed by atoms with Crippen LogP contribution in [0.1, 0.15) is 6.42 Å². The van der Waals surface area contributed by atoms with Gasteiger partial charge in [0, 0.05) is 20.3 Å². The molecule has 86 valence electrons. The van der Waals surface area contributed by atoms with Gasteiger partial charge in [-0.05, 0) is 13.0 Å². The van der Waals surface area contributed by atoms with E-state index in [2.05, 4.69) is 10.1 Å². The molecule has 14 heavy (non-hydrogen) atoms. The Labute approximate surface area is 81.6 Å². The molecule has 0 aliphatic rings. The summed E-state index contributed by atoms with van der Waals surface area (Å²) in [5.41, 5.74) is 0. The lowest BCUT2D eigenvalue weighted by atomic mass is 10.4. The predicted molar refractivity (Wildman–Crippen MR) is 46.2 cm³/mol. The Morgan fingerprint density at radius 2 is 1.86 bits per heavy atom. The van der Waals surface area contributed by atoms with Gasteiger partial charge in [0.05, 0.1) is 6.61 Å². The van der Waals surface area contributed by atoms with Crippen molar-refractivity contribution in [3.8, 4) is 0 Å². The van der Waals surface area contributed by atoms with Crippen LogP contribution in [0.4, 0.5) is 13.2 Å². The van der Waals surface area contributed by atoms with Crippen LogP contribution in [0.3, 0.4) is 0 Å². The Balaban J connectivity index is 2.99. The molecule has 0 aliphatic carbocycles. The van der Waals surface area contributed by atoms with Crippen LogP contribution in [0.15, 0.2) is 0 Å². The molecule has 3 nitrogen and oxygen atoms in total. The van der Waals surface area contributed by atoms with Crippen LogP contribution in [0.25, 0.3) is 0 Å². The van der Waals surface area contributed by atoms with Gasteiger partial charge in [-0.1, -0.05) is 0 Å². The Hall–Kier alpha value is -0.330. The summed E-state index contributed by atoms with van der Waals surface area (Å²) in [7, 11) is 1.60. The molecule has 0 unspecified atom stereocenters. The van der Waals surface area contributed by atoms with Crippen LogP contribution in [0, 0.1) is 0 Å². The molecular weight excluding hydrogens is 199 g/mol. The van der Waals surface area contributed by atoms with Gasteiger partial charge in [-0.3, -0.25) is 0 Å². The van der Waals surface area contributed by atoms with Crippen molar-refractivity contribution in [2.75, 3.05) is 40.0 Å². The second kappa shape index (κ2) is 8.02. The largest absolute Gasteiger partial charge is 0.411 e. The van der Waals surface area contributed by atoms with Gasteiger partial charge >= 0.3 is 6.18 Å². The summed E-state index contributed by atoms with van der Waals surface area (Å²) in [6, 6.07) is 0. The summed E-state index contributed by atoms with van der Waals surface area (Å²) in [6.45, 7) is 0.707. The number of alkyl halides is 3. The van der Waals surface area contributed by atoms with Gasteiger partial charge in [-0.25, -0.2) is 0 Å². The van der Waals surface area contributed by atoms with E-state index in [-0.39, 0.29) is 6.61 Å². The number of nitrogens with one attached hydrogen (secondary N) is 1. The first-order chi connectivity index (χ1) is 6.56. The SMILES string of the molecule is COCCCNCCOCC(F)(F)F. The van der Waals surface area contributed by atoms with E-state index in [1.807, 2.05) is 0 Å². The zero-order valence-electron chi connectivity index (χ0n) is 8.19. The highest BCUT2D eigenvalue weighted by Gasteiger charge is 2.26. The van der Waals surface area contributed by atoms with Crippen molar-refractivity contribution in [1.29, 1.82) is 0 Å². The van der Waals surface area contributed by atoms with E-state index in [0.29, 0.717) is 13.2 Å². The highest BCUT2D eigenvalue weighted by Crippen LogP contribution is 2.13. The molecule has 0 spiro atoms. The first-order valence-electron chi connectivity index (χ1n) is 4.40. The molecule has 0 atom stereocenters. The Morgan fingerprint density at radius 1 is 1.14 bits per heavy atom. The summed E-state index contributed by atoms with van der Waals surface area (Å²) < 4.78 is 43.9. The van der Waals surface area contributed by atoms with Gasteiger partial charge in [0.2, 0.25) is 0 Å². The average Bonchev–Trinajstić information content (AvgIpc) is 2.08. The molecule has 0 saturated heterocycles. The first-order valence-corrected chi connectivity index (χ1v) is 4.40. The Bertz CT molecular complexity index is 130. The third-order valence-electron chi connectivity index (χ3n) is 1.39. The second-order valence-electron chi connectivity index (χ2n) is 2.76. The van der Waals surface area contributed by atoms with Crippen molar-refractivity contribution in [3.05, 3.63) is 0 Å². The lowest BCUT2D eigenvalue weighted by Gasteiger charge is -2.08. The molecule has 0 bridgehead atoms. The molecule has 0 aromatic heterocycles. The summed E-state index contributed by atoms with van der Waals surface area (Å²) in [4.78, 5) is 0. The van der Waals surface area contributed by atoms with Crippen LogP contribution < -0.4 is 5.32 Å². The maximum absolute atomic E-state index is 11.6. The number of ether oxygens (including phenoxy) is 2. The fourth-order valence-corrected chi connectivity index (χ4v) is 0.799. The number of hydrogen-bond donors (Lipinski definition) is 1. The minimum absolute atomic E-state index is 0.0759. The molecular formula is C8H16F3NO2. The molecule has 0 aromatic rings. The molecule has 0 fully saturated rings. The van der Waals surface area contributed by atoms with Crippen molar-refractivity contribution in [2.45, 2.75) is 12.6 Å². The van der Waals surface area contributed by atoms with Crippen molar-refractivity contribution < 1.29 is 22.6 Å². The fraction of sp³-hybridized carbons (Fsp3) is 1.00. The van der Waals surface area contributed by atoms with Crippen LogP contribution in [-0.4, -0.2) is 46.2 Å². The summed E-state index contributed by atoms with van der Waals surface area (Å²) in [5.74, 6) is 0. The number of halogens is 3. The van der Waals surface area contributed by atoms with Gasteiger partial charge in [0.15, 0.2) is 0 Å². The minimum Gasteiger partial charge on any atom is -0.385 e. The van der Waals surface area contributed by atoms with E-state index in [4.69, 9.17) is 4.74 Å². The normalized spacial score (nSPS) is 12.0. The quantitative estimate of drug-likeness (QED) is 0.617. The van der Waals surface area contributed by atoms with Crippen LogP contribution in [0.2, 0.25) is 0 Å². The molecule has 0 radical (unpaired) electrons. The average molecular weight is 215 g/mol. The number of methoxy groups -OCH3 is 1. The predicted octanol–water partition coefficient (Wildman–Crippen LogP) is 1.19. The number of hydrogen-bond acceptors (Lipinski definition) is 3. The van der Waals surface area contributed by atoms with Crippen LogP contribution in [-0.2, 0) is 9.47 Å². The van der Waals surface area contributed by atoms with Gasteiger partial charge in [0.1, 0.15) is 6.61 Å².